The van der Waals surface area contributed by atoms with Crippen molar-refractivity contribution in [2.75, 3.05) is 0 Å². The Hall–Kier alpha value is -3.41. The van der Waals surface area contributed by atoms with E-state index in [9.17, 15) is 0 Å². The van der Waals surface area contributed by atoms with E-state index in [2.05, 4.69) is 133 Å². The van der Waals surface area contributed by atoms with Gasteiger partial charge in [0.2, 0.25) is 0 Å². The second-order valence-corrected chi connectivity index (χ2v) is 26.6. The van der Waals surface area contributed by atoms with Crippen molar-refractivity contribution in [3.05, 3.63) is 139 Å². The molecular formula is C45H44GeIrN2S-2. The maximum absolute atomic E-state index is 4.77. The van der Waals surface area contributed by atoms with E-state index < -0.39 is 13.3 Å². The predicted molar refractivity (Wildman–Crippen MR) is 213 cm³/mol. The Kier molecular flexibility index (Phi) is 11.2. The fourth-order valence-corrected chi connectivity index (χ4v) is 10.5. The molecule has 7 aromatic rings. The van der Waals surface area contributed by atoms with Crippen LogP contribution in [0.15, 0.2) is 122 Å². The minimum atomic E-state index is -1.72. The van der Waals surface area contributed by atoms with Crippen molar-refractivity contribution >= 4 is 49.2 Å². The summed E-state index contributed by atoms with van der Waals surface area (Å²) in [5.74, 6) is 7.90. The molecule has 1 aliphatic rings. The number of hydrogen-bond donors (Lipinski definition) is 0. The zero-order valence-corrected chi connectivity index (χ0v) is 34.9. The predicted octanol–water partition coefficient (Wildman–Crippen LogP) is 12.1. The van der Waals surface area contributed by atoms with Gasteiger partial charge in [-0.2, -0.15) is 11.3 Å². The third-order valence-corrected chi connectivity index (χ3v) is 15.7. The zero-order chi connectivity index (χ0) is 34.0. The molecule has 0 aliphatic heterocycles. The Morgan fingerprint density at radius 3 is 2.22 bits per heavy atom. The van der Waals surface area contributed by atoms with Gasteiger partial charge in [0.25, 0.3) is 0 Å². The maximum Gasteiger partial charge on any atom is 0 e. The van der Waals surface area contributed by atoms with Gasteiger partial charge < -0.3 is 4.98 Å². The number of rotatable bonds is 6. The molecule has 0 unspecified atom stereocenters. The van der Waals surface area contributed by atoms with E-state index in [1.165, 1.54) is 66.9 Å². The first-order chi connectivity index (χ1) is 23.7. The van der Waals surface area contributed by atoms with Crippen LogP contribution in [0.5, 0.6) is 0 Å². The van der Waals surface area contributed by atoms with Gasteiger partial charge in [0, 0.05) is 31.0 Å². The molecule has 1 saturated carbocycles. The van der Waals surface area contributed by atoms with Gasteiger partial charge in [-0.05, 0) is 68.8 Å². The number of thiophene rings is 1. The Morgan fingerprint density at radius 1 is 0.740 bits per heavy atom. The molecule has 4 aromatic carbocycles. The van der Waals surface area contributed by atoms with Crippen LogP contribution < -0.4 is 4.40 Å². The number of nitrogens with zero attached hydrogens (tertiary/aromatic N) is 2. The molecule has 1 aliphatic carbocycles. The second-order valence-electron chi connectivity index (χ2n) is 14.9. The SMILES string of the molecule is CC(C)(c1ccnc(-c2[c-]cc3sc4cccc(-c5ccccc5)c4c3c2)c1)C1CCCC1.[CH3][Ge]([CH3])([CH3])[c]1ccc(-c2[c-]cccc2)nc1.[Ir]. The quantitative estimate of drug-likeness (QED) is 0.123. The largest absolute Gasteiger partial charge is 0 e. The van der Waals surface area contributed by atoms with Crippen LogP contribution >= 0.6 is 11.3 Å². The van der Waals surface area contributed by atoms with Crippen LogP contribution in [0.25, 0.3) is 53.8 Å². The molecule has 0 saturated heterocycles. The molecule has 8 rings (SSSR count). The summed E-state index contributed by atoms with van der Waals surface area (Å²) in [7, 11) is 0. The van der Waals surface area contributed by atoms with Crippen LogP contribution in [0.2, 0.25) is 17.3 Å². The Balaban J connectivity index is 0.000000215. The first-order valence-corrected chi connectivity index (χ1v) is 25.7. The number of hydrogen-bond acceptors (Lipinski definition) is 3. The Bertz CT molecular complexity index is 2180. The van der Waals surface area contributed by atoms with Crippen LogP contribution in [0, 0.1) is 18.1 Å². The molecule has 3 heterocycles. The van der Waals surface area contributed by atoms with Crippen molar-refractivity contribution in [2.24, 2.45) is 5.92 Å². The van der Waals surface area contributed by atoms with Crippen LogP contribution in [-0.2, 0) is 25.5 Å². The van der Waals surface area contributed by atoms with Gasteiger partial charge in [-0.25, -0.2) is 0 Å². The number of benzene rings is 4. The molecule has 1 fully saturated rings. The number of aromatic nitrogens is 2. The van der Waals surface area contributed by atoms with E-state index in [4.69, 9.17) is 4.98 Å². The summed E-state index contributed by atoms with van der Waals surface area (Å²) in [6.07, 6.45) is 9.44. The van der Waals surface area contributed by atoms with Crippen LogP contribution in [-0.4, -0.2) is 23.2 Å². The third-order valence-electron chi connectivity index (χ3n) is 10.3. The topological polar surface area (TPSA) is 25.8 Å². The van der Waals surface area contributed by atoms with Gasteiger partial charge in [-0.1, -0.05) is 80.6 Å². The molecule has 0 amide bonds. The van der Waals surface area contributed by atoms with E-state index in [0.29, 0.717) is 0 Å². The molecule has 5 heteroatoms. The minimum absolute atomic E-state index is 0. The van der Waals surface area contributed by atoms with Crippen LogP contribution in [0.4, 0.5) is 0 Å². The summed E-state index contributed by atoms with van der Waals surface area (Å²) in [4.78, 5) is 9.30. The van der Waals surface area contributed by atoms with Crippen molar-refractivity contribution in [3.8, 4) is 33.6 Å². The smallest absolute Gasteiger partial charge is 0 e. The Morgan fingerprint density at radius 2 is 1.52 bits per heavy atom. The van der Waals surface area contributed by atoms with Gasteiger partial charge in [-0.3, -0.25) is 0 Å². The molecular weight excluding hydrogens is 865 g/mol. The number of pyridine rings is 2. The first-order valence-electron chi connectivity index (χ1n) is 17.5. The maximum atomic E-state index is 4.77. The van der Waals surface area contributed by atoms with Crippen molar-refractivity contribution in [3.63, 3.8) is 0 Å². The molecule has 0 N–H and O–H groups in total. The van der Waals surface area contributed by atoms with E-state index in [1.54, 1.807) is 0 Å². The number of fused-ring (bicyclic) bond motifs is 3. The average Bonchev–Trinajstić information content (AvgIpc) is 3.82. The zero-order valence-electron chi connectivity index (χ0n) is 29.6. The summed E-state index contributed by atoms with van der Waals surface area (Å²) in [5, 5.41) is 2.63. The van der Waals surface area contributed by atoms with Crippen molar-refractivity contribution in [1.82, 2.24) is 9.97 Å². The van der Waals surface area contributed by atoms with E-state index in [-0.39, 0.29) is 25.5 Å². The van der Waals surface area contributed by atoms with Gasteiger partial charge in [0.1, 0.15) is 0 Å². The molecule has 2 nitrogen and oxygen atoms in total. The van der Waals surface area contributed by atoms with Crippen molar-refractivity contribution < 1.29 is 20.1 Å². The molecule has 0 bridgehead atoms. The fourth-order valence-electron chi connectivity index (χ4n) is 7.19. The minimum Gasteiger partial charge on any atom is 0 e. The average molecular weight is 910 g/mol. The summed E-state index contributed by atoms with van der Waals surface area (Å²) in [6.45, 7) is 4.82. The van der Waals surface area contributed by atoms with E-state index >= 15 is 0 Å². The summed E-state index contributed by atoms with van der Waals surface area (Å²) in [6, 6.07) is 45.4. The first kappa shape index (κ1) is 36.4. The molecule has 50 heavy (non-hydrogen) atoms. The second kappa shape index (κ2) is 15.5. The monoisotopic (exact) mass is 911 g/mol. The fraction of sp³-hybridized carbons (Fsp3) is 0.244. The molecule has 3 aromatic heterocycles. The Labute approximate surface area is 318 Å². The molecule has 255 valence electrons. The van der Waals surface area contributed by atoms with Crippen molar-refractivity contribution in [1.29, 1.82) is 0 Å². The molecule has 0 atom stereocenters. The molecule has 0 spiro atoms. The molecule has 1 radical (unpaired) electrons. The van der Waals surface area contributed by atoms with Gasteiger partial charge in [0.05, 0.1) is 0 Å². The van der Waals surface area contributed by atoms with Crippen molar-refractivity contribution in [2.45, 2.75) is 62.2 Å². The van der Waals surface area contributed by atoms with Gasteiger partial charge >= 0.3 is 99.8 Å². The third kappa shape index (κ3) is 7.75. The summed E-state index contributed by atoms with van der Waals surface area (Å²) < 4.78 is 4.04. The van der Waals surface area contributed by atoms with Crippen LogP contribution in [0.1, 0.15) is 45.1 Å². The normalized spacial score (nSPS) is 13.5. The van der Waals surface area contributed by atoms with E-state index in [1.807, 2.05) is 48.0 Å². The summed E-state index contributed by atoms with van der Waals surface area (Å²) in [5.41, 5.74) is 8.30. The van der Waals surface area contributed by atoms with Gasteiger partial charge in [0.15, 0.2) is 0 Å². The standard InChI is InChI=1S/C31H28NS.C14H16GeN.Ir/c1-31(2,23-11-6-7-12-23)24-17-18-32-27(20-24)22-15-16-28-26(19-22)30-25(13-8-14-29(30)33-28)21-9-4-3-5-10-21;1-15(2,3)13-9-10-14(16-11-13)12-7-5-4-6-8-12;/h3-5,8-10,13-14,16-20,23H,6-7,11-12H2,1-2H3;4-7,9-11H,1-3H3;/q2*-1;. The summed E-state index contributed by atoms with van der Waals surface area (Å²) >= 11 is 0.131. The van der Waals surface area contributed by atoms with E-state index in [0.717, 1.165) is 28.4 Å². The van der Waals surface area contributed by atoms with Gasteiger partial charge in [-0.15, -0.1) is 23.8 Å². The van der Waals surface area contributed by atoms with Crippen LogP contribution in [0.3, 0.4) is 0 Å².